The summed E-state index contributed by atoms with van der Waals surface area (Å²) >= 11 is 0. The topological polar surface area (TPSA) is 169 Å². The molecule has 0 radical (unpaired) electrons. The number of ether oxygens (including phenoxy) is 8. The highest BCUT2D eigenvalue weighted by molar-refractivity contribution is 5.73. The summed E-state index contributed by atoms with van der Waals surface area (Å²) in [6, 6.07) is 19.5. The van der Waals surface area contributed by atoms with Gasteiger partial charge in [-0.3, -0.25) is 0 Å². The fourth-order valence-corrected chi connectivity index (χ4v) is 15.6. The number of hydrogen-bond acceptors (Lipinski definition) is 12. The molecule has 8 bridgehead atoms. The van der Waals surface area contributed by atoms with Crippen LogP contribution in [0.5, 0.6) is 46.0 Å². The van der Waals surface area contributed by atoms with Gasteiger partial charge in [-0.1, -0.05) is 259 Å². The molecule has 12 heteroatoms. The lowest BCUT2D eigenvalue weighted by atomic mass is 9.74. The predicted molar refractivity (Wildman–Crippen MR) is 364 cm³/mol. The summed E-state index contributed by atoms with van der Waals surface area (Å²) in [6.45, 7) is 7.95. The number of unbranched alkanes of at least 4 members (excludes halogenated alkanes) is 32. The second kappa shape index (κ2) is 37.2. The Morgan fingerprint density at radius 1 is 0.239 bits per heavy atom. The van der Waals surface area contributed by atoms with Gasteiger partial charge in [0.05, 0.1) is 0 Å². The number of nitrogens with zero attached hydrogens (tertiary/aromatic N) is 4. The van der Waals surface area contributed by atoms with Crippen LogP contribution in [0.15, 0.2) is 24.3 Å². The minimum Gasteiger partial charge on any atom is -0.456 e. The molecule has 0 unspecified atom stereocenters. The molecule has 0 spiro atoms. The first-order valence-electron chi connectivity index (χ1n) is 36.9. The van der Waals surface area contributed by atoms with Crippen molar-refractivity contribution >= 4 is 0 Å². The molecule has 4 aromatic rings. The maximum atomic E-state index is 11.7. The Balaban J connectivity index is 1.29. The molecule has 496 valence electrons. The van der Waals surface area contributed by atoms with Gasteiger partial charge in [-0.05, 0) is 49.9 Å². The van der Waals surface area contributed by atoms with E-state index >= 15 is 0 Å². The molecular formula is C80H108N4O8. The van der Waals surface area contributed by atoms with Gasteiger partial charge in [0.2, 0.25) is 27.2 Å². The molecule has 0 amide bonds. The quantitative estimate of drug-likeness (QED) is 0.0387. The molecule has 0 saturated carbocycles. The van der Waals surface area contributed by atoms with Gasteiger partial charge in [0, 0.05) is 68.2 Å². The van der Waals surface area contributed by atoms with E-state index in [1.54, 1.807) is 0 Å². The molecule has 0 atom stereocenters. The molecule has 4 heterocycles. The zero-order chi connectivity index (χ0) is 64.3. The van der Waals surface area contributed by atoms with Crippen molar-refractivity contribution in [3.63, 3.8) is 0 Å². The van der Waals surface area contributed by atoms with Gasteiger partial charge in [0.1, 0.15) is 92.5 Å². The normalized spacial score (nSPS) is 17.0. The van der Waals surface area contributed by atoms with Crippen LogP contribution < -0.4 is 37.9 Å². The van der Waals surface area contributed by atoms with Crippen LogP contribution in [0, 0.1) is 45.3 Å². The highest BCUT2D eigenvalue weighted by atomic mass is 16.7. The third-order valence-corrected chi connectivity index (χ3v) is 20.6. The molecule has 4 aromatic carbocycles. The summed E-state index contributed by atoms with van der Waals surface area (Å²) in [5.41, 5.74) is 7.94. The summed E-state index contributed by atoms with van der Waals surface area (Å²) in [7, 11) is 0. The van der Waals surface area contributed by atoms with Crippen molar-refractivity contribution in [2.75, 3.05) is 27.2 Å². The van der Waals surface area contributed by atoms with Crippen LogP contribution in [0.2, 0.25) is 0 Å². The molecule has 1 aliphatic carbocycles. The van der Waals surface area contributed by atoms with Crippen molar-refractivity contribution in [1.29, 1.82) is 21.0 Å². The van der Waals surface area contributed by atoms with Gasteiger partial charge < -0.3 is 37.9 Å². The van der Waals surface area contributed by atoms with Crippen molar-refractivity contribution in [3.8, 4) is 70.3 Å². The Kier molecular flexibility index (Phi) is 28.1. The minimum absolute atomic E-state index is 0.274. The van der Waals surface area contributed by atoms with E-state index in [0.717, 1.165) is 122 Å². The molecule has 4 aliphatic heterocycles. The van der Waals surface area contributed by atoms with Crippen molar-refractivity contribution in [3.05, 3.63) is 91.0 Å². The van der Waals surface area contributed by atoms with E-state index in [9.17, 15) is 21.0 Å². The van der Waals surface area contributed by atoms with E-state index in [2.05, 4.69) is 76.2 Å². The van der Waals surface area contributed by atoms with Crippen LogP contribution in [-0.2, 0) is 0 Å². The lowest BCUT2D eigenvalue weighted by Gasteiger charge is -2.36. The molecule has 9 rings (SSSR count). The summed E-state index contributed by atoms with van der Waals surface area (Å²) < 4.78 is 54.3. The van der Waals surface area contributed by atoms with Crippen LogP contribution >= 0.6 is 0 Å². The summed E-state index contributed by atoms with van der Waals surface area (Å²) in [6.07, 6.45) is 44.4. The third-order valence-electron chi connectivity index (χ3n) is 20.6. The molecule has 0 saturated heterocycles. The van der Waals surface area contributed by atoms with Crippen LogP contribution in [0.4, 0.5) is 0 Å². The Bertz CT molecular complexity index is 2650. The number of hydrogen-bond donors (Lipinski definition) is 0. The monoisotopic (exact) mass is 1250 g/mol. The smallest absolute Gasteiger partial charge is 0.231 e. The van der Waals surface area contributed by atoms with Gasteiger partial charge in [0.25, 0.3) is 0 Å². The maximum absolute atomic E-state index is 11.7. The van der Waals surface area contributed by atoms with Crippen LogP contribution in [0.1, 0.15) is 375 Å². The highest BCUT2D eigenvalue weighted by Crippen LogP contribution is 2.58. The van der Waals surface area contributed by atoms with E-state index in [4.69, 9.17) is 37.9 Å². The molecule has 0 fully saturated rings. The fraction of sp³-hybridized carbons (Fsp3) is 0.650. The van der Waals surface area contributed by atoms with Crippen molar-refractivity contribution in [2.24, 2.45) is 0 Å². The largest absolute Gasteiger partial charge is 0.456 e. The summed E-state index contributed by atoms with van der Waals surface area (Å²) in [4.78, 5) is 0. The molecule has 0 N–H and O–H groups in total. The Morgan fingerprint density at radius 3 is 0.522 bits per heavy atom. The highest BCUT2D eigenvalue weighted by Gasteiger charge is 2.42. The first-order chi connectivity index (χ1) is 45.5. The number of rotatable bonds is 40. The summed E-state index contributed by atoms with van der Waals surface area (Å²) in [5.74, 6) is 1.70. The van der Waals surface area contributed by atoms with Gasteiger partial charge in [-0.15, -0.1) is 0 Å². The molecule has 5 aliphatic rings. The average Bonchev–Trinajstić information content (AvgIpc) is 0.731. The lowest BCUT2D eigenvalue weighted by molar-refractivity contribution is 0.0972. The molecule has 92 heavy (non-hydrogen) atoms. The maximum Gasteiger partial charge on any atom is 0.231 e. The SMILES string of the molecule is CCCCCCCCCCCC1c2cc3c4c(C#N)c2OCOc2c1cc1c(c2C#N)OCOc2c(cc5c(c2C#N)OCOc2c(cc(c(c2C#N)OCO4)C3CCCCCCCCCCC)C5CCCCCCCCCCC)C1CCCCCCCCCCC. The van der Waals surface area contributed by atoms with Gasteiger partial charge in [-0.2, -0.15) is 21.0 Å². The Hall–Kier alpha value is -6.76. The van der Waals surface area contributed by atoms with E-state index < -0.39 is 23.7 Å². The van der Waals surface area contributed by atoms with Crippen LogP contribution in [0.3, 0.4) is 0 Å². The minimum atomic E-state index is -0.398. The van der Waals surface area contributed by atoms with Gasteiger partial charge in [0.15, 0.2) is 0 Å². The Morgan fingerprint density at radius 2 is 0.380 bits per heavy atom. The van der Waals surface area contributed by atoms with E-state index in [-0.39, 0.29) is 49.4 Å². The Labute approximate surface area is 552 Å². The van der Waals surface area contributed by atoms with Crippen LogP contribution in [0.25, 0.3) is 0 Å². The number of nitriles is 4. The van der Waals surface area contributed by atoms with Crippen molar-refractivity contribution in [1.82, 2.24) is 0 Å². The zero-order valence-corrected chi connectivity index (χ0v) is 56.8. The van der Waals surface area contributed by atoms with E-state index in [1.165, 1.54) is 154 Å². The average molecular weight is 1250 g/mol. The first kappa shape index (κ1) is 69.6. The van der Waals surface area contributed by atoms with Crippen LogP contribution in [-0.4, -0.2) is 27.2 Å². The molecule has 0 aromatic heterocycles. The van der Waals surface area contributed by atoms with Crippen molar-refractivity contribution < 1.29 is 37.9 Å². The van der Waals surface area contributed by atoms with E-state index in [0.29, 0.717) is 71.7 Å². The first-order valence-corrected chi connectivity index (χ1v) is 36.9. The number of benzene rings is 4. The van der Waals surface area contributed by atoms with Crippen molar-refractivity contribution in [2.45, 2.75) is 308 Å². The second-order valence-corrected chi connectivity index (χ2v) is 27.1. The van der Waals surface area contributed by atoms with E-state index in [1.807, 2.05) is 0 Å². The summed E-state index contributed by atoms with van der Waals surface area (Å²) in [5, 5.41) is 46.8. The second-order valence-electron chi connectivity index (χ2n) is 27.1. The molecular weight excluding hydrogens is 1140 g/mol. The zero-order valence-electron chi connectivity index (χ0n) is 56.8. The lowest BCUT2D eigenvalue weighted by Crippen LogP contribution is -2.24. The predicted octanol–water partition coefficient (Wildman–Crippen LogP) is 22.6. The standard InChI is InChI=1S/C80H108N4O8/c1-5-9-13-17-21-25-29-33-37-41-57-61-45-63-58(42-38-34-30-26-22-18-14-10-6-2)65-47-67-60(44-40-36-32-28-24-20-16-12-8-4)68-48-66-59(43-39-35-31-27-23-19-15-11-7-3)64-46-62(57)74-70(50-82)76(64)88-55-90-78(66)72(52-84)80(68)92-56-91-79(67)71(51-83)77(65)89-54-87-75(63)69(49-81)73(61)85-53-86-74/h45-48,57-60H,5-44,53-56H2,1-4H3. The molecule has 12 nitrogen and oxygen atoms in total. The van der Waals surface area contributed by atoms with Gasteiger partial charge in [-0.25, -0.2) is 0 Å². The third kappa shape index (κ3) is 17.1. The van der Waals surface area contributed by atoms with Gasteiger partial charge >= 0.3 is 0 Å². The fourth-order valence-electron chi connectivity index (χ4n) is 15.6.